The van der Waals surface area contributed by atoms with Crippen molar-refractivity contribution in [3.63, 3.8) is 0 Å². The first-order valence-corrected chi connectivity index (χ1v) is 7.62. The predicted molar refractivity (Wildman–Crippen MR) is 74.1 cm³/mol. The third kappa shape index (κ3) is 2.71. The fourth-order valence-corrected chi connectivity index (χ4v) is 3.62. The van der Waals surface area contributed by atoms with E-state index in [0.717, 1.165) is 38.0 Å². The van der Waals surface area contributed by atoms with Gasteiger partial charge in [-0.3, -0.25) is 4.79 Å². The van der Waals surface area contributed by atoms with E-state index < -0.39 is 0 Å². The Morgan fingerprint density at radius 3 is 2.72 bits per heavy atom. The molecule has 3 nitrogen and oxygen atoms in total. The summed E-state index contributed by atoms with van der Waals surface area (Å²) < 4.78 is 0. The maximum atomic E-state index is 12.4. The van der Waals surface area contributed by atoms with Crippen LogP contribution in [0.1, 0.15) is 65.2 Å². The number of carbonyl (C=O) groups is 1. The number of carbonyl (C=O) groups excluding carboxylic acids is 1. The minimum atomic E-state index is -0.320. The monoisotopic (exact) mass is 252 g/mol. The molecule has 2 rings (SSSR count). The third-order valence-corrected chi connectivity index (χ3v) is 5.24. The van der Waals surface area contributed by atoms with Crippen molar-refractivity contribution in [1.29, 1.82) is 0 Å². The average molecular weight is 252 g/mol. The van der Waals surface area contributed by atoms with Gasteiger partial charge in [-0.15, -0.1) is 0 Å². The van der Waals surface area contributed by atoms with Gasteiger partial charge in [-0.2, -0.15) is 0 Å². The van der Waals surface area contributed by atoms with Crippen molar-refractivity contribution < 1.29 is 4.79 Å². The first kappa shape index (κ1) is 13.9. The van der Waals surface area contributed by atoms with Crippen LogP contribution in [0.2, 0.25) is 0 Å². The minimum Gasteiger partial charge on any atom is -0.353 e. The summed E-state index contributed by atoms with van der Waals surface area (Å²) in [4.78, 5) is 12.4. The molecular weight excluding hydrogens is 224 g/mol. The lowest BCUT2D eigenvalue weighted by Gasteiger charge is -2.34. The molecule has 0 aromatic carbocycles. The lowest BCUT2D eigenvalue weighted by molar-refractivity contribution is -0.131. The Kier molecular flexibility index (Phi) is 4.31. The van der Waals surface area contributed by atoms with Gasteiger partial charge in [0.15, 0.2) is 0 Å². The molecule has 0 aromatic rings. The molecule has 3 heteroatoms. The molecule has 18 heavy (non-hydrogen) atoms. The molecule has 0 saturated heterocycles. The van der Waals surface area contributed by atoms with Crippen LogP contribution >= 0.6 is 0 Å². The Labute approximate surface area is 111 Å². The van der Waals surface area contributed by atoms with E-state index in [1.165, 1.54) is 19.3 Å². The van der Waals surface area contributed by atoms with E-state index in [-0.39, 0.29) is 17.4 Å². The SMILES string of the molecule is CCC1CCCC(NC(=O)C2(C)CCCC2N)C1. The Bertz CT molecular complexity index is 305. The molecule has 0 radical (unpaired) electrons. The molecule has 0 aromatic heterocycles. The molecule has 2 aliphatic rings. The second kappa shape index (κ2) is 5.60. The highest BCUT2D eigenvalue weighted by Crippen LogP contribution is 2.37. The normalized spacial score (nSPS) is 40.7. The summed E-state index contributed by atoms with van der Waals surface area (Å²) in [5, 5.41) is 3.28. The third-order valence-electron chi connectivity index (χ3n) is 5.24. The summed E-state index contributed by atoms with van der Waals surface area (Å²) in [5.41, 5.74) is 5.79. The number of nitrogens with two attached hydrogens (primary N) is 1. The standard InChI is InChI=1S/C15H28N2O/c1-3-11-6-4-7-12(10-11)17-14(18)15(2)9-5-8-13(15)16/h11-13H,3-10,16H2,1-2H3,(H,17,18). The first-order chi connectivity index (χ1) is 8.56. The fourth-order valence-electron chi connectivity index (χ4n) is 3.62. The van der Waals surface area contributed by atoms with Gasteiger partial charge in [-0.05, 0) is 38.5 Å². The van der Waals surface area contributed by atoms with Crippen molar-refractivity contribution in [2.45, 2.75) is 77.3 Å². The summed E-state index contributed by atoms with van der Waals surface area (Å²) in [6, 6.07) is 0.434. The zero-order valence-corrected chi connectivity index (χ0v) is 11.9. The molecule has 0 bridgehead atoms. The molecule has 0 aliphatic heterocycles. The quantitative estimate of drug-likeness (QED) is 0.811. The van der Waals surface area contributed by atoms with Crippen LogP contribution in [-0.4, -0.2) is 18.0 Å². The topological polar surface area (TPSA) is 55.1 Å². The molecule has 2 fully saturated rings. The van der Waals surface area contributed by atoms with Crippen LogP contribution in [-0.2, 0) is 4.79 Å². The summed E-state index contributed by atoms with van der Waals surface area (Å²) in [5.74, 6) is 1.00. The van der Waals surface area contributed by atoms with Gasteiger partial charge in [0.2, 0.25) is 5.91 Å². The van der Waals surface area contributed by atoms with Crippen molar-refractivity contribution in [1.82, 2.24) is 5.32 Å². The molecule has 0 heterocycles. The predicted octanol–water partition coefficient (Wildman–Crippen LogP) is 2.59. The zero-order valence-electron chi connectivity index (χ0n) is 11.9. The molecule has 4 unspecified atom stereocenters. The zero-order chi connectivity index (χ0) is 13.2. The Morgan fingerprint density at radius 1 is 1.33 bits per heavy atom. The summed E-state index contributed by atoms with van der Waals surface area (Å²) in [6.45, 7) is 4.29. The Morgan fingerprint density at radius 2 is 2.11 bits per heavy atom. The van der Waals surface area contributed by atoms with Gasteiger partial charge in [0, 0.05) is 12.1 Å². The number of hydrogen-bond donors (Lipinski definition) is 2. The maximum Gasteiger partial charge on any atom is 0.227 e. The molecule has 104 valence electrons. The average Bonchev–Trinajstić information content (AvgIpc) is 2.71. The molecule has 4 atom stereocenters. The van der Waals surface area contributed by atoms with Gasteiger partial charge in [0.1, 0.15) is 0 Å². The number of nitrogens with one attached hydrogen (secondary N) is 1. The van der Waals surface area contributed by atoms with E-state index >= 15 is 0 Å². The van der Waals surface area contributed by atoms with Crippen LogP contribution < -0.4 is 11.1 Å². The number of rotatable bonds is 3. The summed E-state index contributed by atoms with van der Waals surface area (Å²) in [7, 11) is 0. The highest BCUT2D eigenvalue weighted by Gasteiger charge is 2.43. The van der Waals surface area contributed by atoms with Crippen molar-refractivity contribution in [3.8, 4) is 0 Å². The number of amides is 1. The minimum absolute atomic E-state index is 0.0445. The van der Waals surface area contributed by atoms with Crippen molar-refractivity contribution in [2.24, 2.45) is 17.1 Å². The van der Waals surface area contributed by atoms with Gasteiger partial charge >= 0.3 is 0 Å². The van der Waals surface area contributed by atoms with Crippen LogP contribution in [0.3, 0.4) is 0 Å². The summed E-state index contributed by atoms with van der Waals surface area (Å²) >= 11 is 0. The first-order valence-electron chi connectivity index (χ1n) is 7.62. The van der Waals surface area contributed by atoms with E-state index in [1.807, 2.05) is 6.92 Å². The second-order valence-corrected chi connectivity index (χ2v) is 6.53. The molecule has 3 N–H and O–H groups in total. The van der Waals surface area contributed by atoms with Crippen LogP contribution in [0.4, 0.5) is 0 Å². The smallest absolute Gasteiger partial charge is 0.227 e. The highest BCUT2D eigenvalue weighted by atomic mass is 16.2. The molecular formula is C15H28N2O. The Hall–Kier alpha value is -0.570. The van der Waals surface area contributed by atoms with Crippen LogP contribution in [0.15, 0.2) is 0 Å². The van der Waals surface area contributed by atoms with Crippen molar-refractivity contribution >= 4 is 5.91 Å². The lowest BCUT2D eigenvalue weighted by Crippen LogP contribution is -2.51. The van der Waals surface area contributed by atoms with Gasteiger partial charge in [0.25, 0.3) is 0 Å². The molecule has 1 amide bonds. The Balaban J connectivity index is 1.91. The lowest BCUT2D eigenvalue weighted by atomic mass is 9.81. The molecule has 2 saturated carbocycles. The fraction of sp³-hybridized carbons (Fsp3) is 0.933. The largest absolute Gasteiger partial charge is 0.353 e. The van der Waals surface area contributed by atoms with E-state index in [4.69, 9.17) is 5.73 Å². The molecule has 0 spiro atoms. The van der Waals surface area contributed by atoms with E-state index in [1.54, 1.807) is 0 Å². The van der Waals surface area contributed by atoms with Gasteiger partial charge in [-0.1, -0.05) is 32.6 Å². The number of hydrogen-bond acceptors (Lipinski definition) is 2. The van der Waals surface area contributed by atoms with Crippen molar-refractivity contribution in [2.75, 3.05) is 0 Å². The van der Waals surface area contributed by atoms with Crippen molar-refractivity contribution in [3.05, 3.63) is 0 Å². The van der Waals surface area contributed by atoms with Gasteiger partial charge < -0.3 is 11.1 Å². The van der Waals surface area contributed by atoms with E-state index in [2.05, 4.69) is 12.2 Å². The second-order valence-electron chi connectivity index (χ2n) is 6.53. The highest BCUT2D eigenvalue weighted by molar-refractivity contribution is 5.83. The van der Waals surface area contributed by atoms with Crippen LogP contribution in [0.5, 0.6) is 0 Å². The molecule has 2 aliphatic carbocycles. The van der Waals surface area contributed by atoms with Gasteiger partial charge in [-0.25, -0.2) is 0 Å². The summed E-state index contributed by atoms with van der Waals surface area (Å²) in [6.07, 6.45) is 9.17. The van der Waals surface area contributed by atoms with Gasteiger partial charge in [0.05, 0.1) is 5.41 Å². The van der Waals surface area contributed by atoms with Crippen LogP contribution in [0.25, 0.3) is 0 Å². The maximum absolute atomic E-state index is 12.4. The van der Waals surface area contributed by atoms with E-state index in [9.17, 15) is 4.79 Å². The van der Waals surface area contributed by atoms with E-state index in [0.29, 0.717) is 6.04 Å². The van der Waals surface area contributed by atoms with Crippen LogP contribution in [0, 0.1) is 11.3 Å².